The van der Waals surface area contributed by atoms with E-state index in [9.17, 15) is 19.1 Å². The first kappa shape index (κ1) is 25.6. The summed E-state index contributed by atoms with van der Waals surface area (Å²) >= 11 is 6.12. The first-order valence-corrected chi connectivity index (χ1v) is 12.9. The van der Waals surface area contributed by atoms with Gasteiger partial charge in [0.25, 0.3) is 11.8 Å². The van der Waals surface area contributed by atoms with E-state index in [0.717, 1.165) is 4.90 Å². The zero-order valence-corrected chi connectivity index (χ0v) is 21.9. The Bertz CT molecular complexity index is 1520. The Balaban J connectivity index is 1.34. The first-order valence-electron chi connectivity index (χ1n) is 12.6. The molecule has 3 aliphatic rings. The maximum atomic E-state index is 15.4. The van der Waals surface area contributed by atoms with Crippen LogP contribution in [0, 0.1) is 17.6 Å². The first-order chi connectivity index (χ1) is 18.5. The van der Waals surface area contributed by atoms with E-state index in [-0.39, 0.29) is 58.0 Å². The zero-order chi connectivity index (χ0) is 27.7. The molecule has 2 fully saturated rings. The number of fused-ring (bicyclic) bond motifs is 1. The SMILES string of the molecule is C[C@@H]1C[C@@]1(O)C(=O)N1CC(Nc2ncc3c(n2)[C@](C)(c2cccc(Cl)c2F)CN(c2ncccc2F)C3=O)C1. The van der Waals surface area contributed by atoms with Crippen molar-refractivity contribution in [2.45, 2.75) is 37.3 Å². The molecule has 1 saturated carbocycles. The average molecular weight is 555 g/mol. The number of nitrogens with zero attached hydrogens (tertiary/aromatic N) is 5. The number of rotatable bonds is 5. The lowest BCUT2D eigenvalue weighted by Gasteiger charge is -2.42. The molecule has 4 heterocycles. The van der Waals surface area contributed by atoms with Crippen LogP contribution < -0.4 is 10.2 Å². The van der Waals surface area contributed by atoms with Gasteiger partial charge in [-0.2, -0.15) is 0 Å². The molecule has 0 spiro atoms. The molecule has 1 aromatic carbocycles. The molecule has 1 saturated heterocycles. The lowest BCUT2D eigenvalue weighted by Crippen LogP contribution is -2.60. The van der Waals surface area contributed by atoms with Crippen molar-refractivity contribution in [3.8, 4) is 0 Å². The van der Waals surface area contributed by atoms with Crippen molar-refractivity contribution in [3.05, 3.63) is 76.2 Å². The topological polar surface area (TPSA) is 112 Å². The molecular formula is C27H25ClF2N6O3. The van der Waals surface area contributed by atoms with E-state index in [1.807, 2.05) is 6.92 Å². The predicted molar refractivity (Wildman–Crippen MR) is 138 cm³/mol. The molecule has 202 valence electrons. The Morgan fingerprint density at radius 1 is 1.21 bits per heavy atom. The molecule has 2 amide bonds. The lowest BCUT2D eigenvalue weighted by atomic mass is 9.74. The Labute approximate surface area is 227 Å². The molecule has 3 atom stereocenters. The van der Waals surface area contributed by atoms with E-state index >= 15 is 4.39 Å². The highest BCUT2D eigenvalue weighted by Crippen LogP contribution is 2.45. The van der Waals surface area contributed by atoms with Crippen LogP contribution in [0.1, 0.15) is 41.9 Å². The van der Waals surface area contributed by atoms with Gasteiger partial charge in [0.1, 0.15) is 11.4 Å². The van der Waals surface area contributed by atoms with Crippen LogP contribution in [0.15, 0.2) is 42.7 Å². The number of carbonyl (C=O) groups excluding carboxylic acids is 2. The van der Waals surface area contributed by atoms with Crippen LogP contribution in [0.5, 0.6) is 0 Å². The summed E-state index contributed by atoms with van der Waals surface area (Å²) in [7, 11) is 0. The summed E-state index contributed by atoms with van der Waals surface area (Å²) in [6.45, 7) is 4.11. The molecule has 39 heavy (non-hydrogen) atoms. The quantitative estimate of drug-likeness (QED) is 0.498. The minimum atomic E-state index is -1.27. The van der Waals surface area contributed by atoms with Crippen LogP contribution in [0.25, 0.3) is 0 Å². The highest BCUT2D eigenvalue weighted by atomic mass is 35.5. The number of hydrogen-bond acceptors (Lipinski definition) is 7. The van der Waals surface area contributed by atoms with Crippen LogP contribution in [0.3, 0.4) is 0 Å². The number of pyridine rings is 1. The van der Waals surface area contributed by atoms with Crippen molar-refractivity contribution in [3.63, 3.8) is 0 Å². The van der Waals surface area contributed by atoms with E-state index in [0.29, 0.717) is 19.5 Å². The van der Waals surface area contributed by atoms with Gasteiger partial charge in [0.2, 0.25) is 5.95 Å². The summed E-state index contributed by atoms with van der Waals surface area (Å²) in [5.74, 6) is -2.26. The molecule has 0 radical (unpaired) electrons. The normalized spacial score (nSPS) is 26.2. The van der Waals surface area contributed by atoms with Crippen molar-refractivity contribution in [2.75, 3.05) is 29.9 Å². The predicted octanol–water partition coefficient (Wildman–Crippen LogP) is 3.16. The number of nitrogens with one attached hydrogen (secondary N) is 1. The fraction of sp³-hybridized carbons (Fsp3) is 0.370. The minimum Gasteiger partial charge on any atom is -0.380 e. The van der Waals surface area contributed by atoms with Gasteiger partial charge in [-0.3, -0.25) is 14.5 Å². The highest BCUT2D eigenvalue weighted by Gasteiger charge is 2.59. The highest BCUT2D eigenvalue weighted by molar-refractivity contribution is 6.30. The van der Waals surface area contributed by atoms with Gasteiger partial charge >= 0.3 is 0 Å². The van der Waals surface area contributed by atoms with Gasteiger partial charge in [0.15, 0.2) is 11.6 Å². The van der Waals surface area contributed by atoms with E-state index in [1.54, 1.807) is 24.0 Å². The fourth-order valence-electron chi connectivity index (χ4n) is 5.42. The minimum absolute atomic E-state index is 0.0535. The third-order valence-electron chi connectivity index (χ3n) is 7.95. The summed E-state index contributed by atoms with van der Waals surface area (Å²) in [5, 5.41) is 13.4. The third-order valence-corrected chi connectivity index (χ3v) is 8.24. The zero-order valence-electron chi connectivity index (χ0n) is 21.2. The Kier molecular flexibility index (Phi) is 5.85. The number of aliphatic hydroxyl groups is 1. The van der Waals surface area contributed by atoms with Crippen LogP contribution >= 0.6 is 11.6 Å². The van der Waals surface area contributed by atoms with E-state index in [4.69, 9.17) is 11.6 Å². The van der Waals surface area contributed by atoms with Crippen molar-refractivity contribution in [1.82, 2.24) is 19.9 Å². The summed E-state index contributed by atoms with van der Waals surface area (Å²) in [6.07, 6.45) is 3.16. The Hall–Kier alpha value is -3.70. The number of likely N-dealkylation sites (tertiary alicyclic amines) is 1. The number of carbonyl (C=O) groups is 2. The van der Waals surface area contributed by atoms with Gasteiger partial charge < -0.3 is 15.3 Å². The molecule has 2 aliphatic heterocycles. The third kappa shape index (κ3) is 4.02. The summed E-state index contributed by atoms with van der Waals surface area (Å²) < 4.78 is 30.1. The van der Waals surface area contributed by atoms with Crippen LogP contribution in [0.2, 0.25) is 5.02 Å². The van der Waals surface area contributed by atoms with Crippen molar-refractivity contribution >= 4 is 35.2 Å². The average Bonchev–Trinajstić information content (AvgIpc) is 3.52. The van der Waals surface area contributed by atoms with Gasteiger partial charge in [-0.25, -0.2) is 23.7 Å². The largest absolute Gasteiger partial charge is 0.380 e. The van der Waals surface area contributed by atoms with Crippen LogP contribution in [0.4, 0.5) is 20.5 Å². The molecular weight excluding hydrogens is 530 g/mol. The molecule has 0 bridgehead atoms. The van der Waals surface area contributed by atoms with Gasteiger partial charge in [0, 0.05) is 37.6 Å². The van der Waals surface area contributed by atoms with Crippen molar-refractivity contribution < 1.29 is 23.5 Å². The Morgan fingerprint density at radius 2 is 1.95 bits per heavy atom. The monoisotopic (exact) mass is 554 g/mol. The molecule has 1 aliphatic carbocycles. The number of hydrogen-bond donors (Lipinski definition) is 2. The fourth-order valence-corrected chi connectivity index (χ4v) is 5.60. The molecule has 9 nitrogen and oxygen atoms in total. The number of anilines is 2. The van der Waals surface area contributed by atoms with E-state index < -0.39 is 28.6 Å². The van der Waals surface area contributed by atoms with Gasteiger partial charge in [-0.05, 0) is 37.5 Å². The smallest absolute Gasteiger partial charge is 0.263 e. The molecule has 3 aromatic rings. The van der Waals surface area contributed by atoms with Crippen LogP contribution in [-0.4, -0.2) is 68.0 Å². The summed E-state index contributed by atoms with van der Waals surface area (Å²) in [6, 6.07) is 7.02. The Morgan fingerprint density at radius 3 is 2.64 bits per heavy atom. The standard InChI is InChI=1S/C27H25ClF2N6O3/c1-14-9-27(14,39)24(38)35-11-15(12-35)33-25-32-10-16-21(34-25)26(2,17-5-3-6-18(28)20(17)30)13-36(23(16)37)22-19(29)7-4-8-31-22/h3-8,10,14-15,39H,9,11-13H2,1-2H3,(H,32,33,34)/t14-,26+,27+/m1/s1. The second kappa shape index (κ2) is 8.92. The van der Waals surface area contributed by atoms with E-state index in [1.165, 1.54) is 30.6 Å². The van der Waals surface area contributed by atoms with E-state index in [2.05, 4.69) is 20.3 Å². The number of benzene rings is 1. The second-order valence-electron chi connectivity index (χ2n) is 10.7. The lowest BCUT2D eigenvalue weighted by molar-refractivity contribution is -0.147. The maximum Gasteiger partial charge on any atom is 0.263 e. The number of amides is 2. The number of aromatic nitrogens is 3. The summed E-state index contributed by atoms with van der Waals surface area (Å²) in [5.41, 5.74) is -1.99. The van der Waals surface area contributed by atoms with Gasteiger partial charge in [0.05, 0.1) is 27.7 Å². The number of halogens is 3. The molecule has 2 N–H and O–H groups in total. The van der Waals surface area contributed by atoms with Crippen molar-refractivity contribution in [2.24, 2.45) is 5.92 Å². The van der Waals surface area contributed by atoms with Gasteiger partial charge in [-0.1, -0.05) is 30.7 Å². The molecule has 12 heteroatoms. The van der Waals surface area contributed by atoms with Crippen LogP contribution in [-0.2, 0) is 10.2 Å². The molecule has 2 aromatic heterocycles. The maximum absolute atomic E-state index is 15.4. The molecule has 0 unspecified atom stereocenters. The molecule has 6 rings (SSSR count). The second-order valence-corrected chi connectivity index (χ2v) is 11.1. The van der Waals surface area contributed by atoms with Crippen molar-refractivity contribution in [1.29, 1.82) is 0 Å². The van der Waals surface area contributed by atoms with Gasteiger partial charge in [-0.15, -0.1) is 0 Å². The summed E-state index contributed by atoms with van der Waals surface area (Å²) in [4.78, 5) is 41.8.